The summed E-state index contributed by atoms with van der Waals surface area (Å²) in [5.74, 6) is 0.616. The van der Waals surface area contributed by atoms with E-state index in [-0.39, 0.29) is 0 Å². The second-order valence-corrected chi connectivity index (χ2v) is 4.96. The molecule has 0 unspecified atom stereocenters. The Kier molecular flexibility index (Phi) is 3.21. The summed E-state index contributed by atoms with van der Waals surface area (Å²) in [6, 6.07) is 11.5. The highest BCUT2D eigenvalue weighted by molar-refractivity contribution is 5.30. The molecule has 1 aliphatic heterocycles. The molecule has 19 heavy (non-hydrogen) atoms. The van der Waals surface area contributed by atoms with Gasteiger partial charge in [0.25, 0.3) is 0 Å². The van der Waals surface area contributed by atoms with Crippen molar-refractivity contribution in [3.63, 3.8) is 0 Å². The van der Waals surface area contributed by atoms with Crippen LogP contribution in [0.5, 0.6) is 0 Å². The van der Waals surface area contributed by atoms with Crippen LogP contribution in [0.25, 0.3) is 0 Å². The first kappa shape index (κ1) is 12.2. The molecule has 1 aromatic carbocycles. The van der Waals surface area contributed by atoms with Crippen LogP contribution in [0, 0.1) is 6.92 Å². The Hall–Kier alpha value is -1.88. The van der Waals surface area contributed by atoms with Gasteiger partial charge >= 0.3 is 6.01 Å². The van der Waals surface area contributed by atoms with Crippen LogP contribution in [0.1, 0.15) is 17.5 Å². The average molecular weight is 258 g/mol. The molecule has 2 heterocycles. The second-order valence-electron chi connectivity index (χ2n) is 4.96. The van der Waals surface area contributed by atoms with Gasteiger partial charge in [-0.3, -0.25) is 4.90 Å². The third kappa shape index (κ3) is 2.46. The van der Waals surface area contributed by atoms with Crippen molar-refractivity contribution < 1.29 is 4.42 Å². The molecule has 1 atom stereocenters. The van der Waals surface area contributed by atoms with E-state index in [1.807, 2.05) is 13.0 Å². The maximum Gasteiger partial charge on any atom is 0.318 e. The Morgan fingerprint density at radius 2 is 1.95 bits per heavy atom. The first-order chi connectivity index (χ1) is 9.24. The minimum absolute atomic E-state index is 0.363. The predicted molar refractivity (Wildman–Crippen MR) is 73.1 cm³/mol. The third-order valence-corrected chi connectivity index (χ3v) is 3.62. The Morgan fingerprint density at radius 1 is 1.16 bits per heavy atom. The van der Waals surface area contributed by atoms with Gasteiger partial charge in [0.05, 0.1) is 6.04 Å². The molecule has 0 spiro atoms. The van der Waals surface area contributed by atoms with Crippen LogP contribution in [-0.4, -0.2) is 41.8 Å². The van der Waals surface area contributed by atoms with E-state index in [9.17, 15) is 0 Å². The molecule has 0 bridgehead atoms. The predicted octanol–water partition coefficient (Wildman–Crippen LogP) is 1.87. The van der Waals surface area contributed by atoms with Crippen LogP contribution in [-0.2, 0) is 0 Å². The summed E-state index contributed by atoms with van der Waals surface area (Å²) in [5.41, 5.74) is 1.32. The zero-order chi connectivity index (χ0) is 13.2. The average Bonchev–Trinajstić information content (AvgIpc) is 2.87. The molecule has 0 radical (unpaired) electrons. The molecule has 0 aliphatic carbocycles. The molecular formula is C14H18N4O. The molecule has 5 heteroatoms. The zero-order valence-corrected chi connectivity index (χ0v) is 11.3. The van der Waals surface area contributed by atoms with Gasteiger partial charge in [0, 0.05) is 26.6 Å². The molecule has 3 rings (SSSR count). The first-order valence-electron chi connectivity index (χ1n) is 6.54. The summed E-state index contributed by atoms with van der Waals surface area (Å²) in [5, 5.41) is 8.02. The molecule has 0 saturated carbocycles. The van der Waals surface area contributed by atoms with E-state index in [2.05, 4.69) is 51.3 Å². The number of benzene rings is 1. The number of aryl methyl sites for hydroxylation is 1. The van der Waals surface area contributed by atoms with Crippen LogP contribution < -0.4 is 4.90 Å². The van der Waals surface area contributed by atoms with Crippen LogP contribution >= 0.6 is 0 Å². The number of hydrogen-bond acceptors (Lipinski definition) is 5. The lowest BCUT2D eigenvalue weighted by atomic mass is 10.0. The molecule has 1 fully saturated rings. The molecule has 1 saturated heterocycles. The Balaban J connectivity index is 1.81. The van der Waals surface area contributed by atoms with Gasteiger partial charge in [-0.15, -0.1) is 5.10 Å². The van der Waals surface area contributed by atoms with Crippen molar-refractivity contribution in [1.82, 2.24) is 15.1 Å². The highest BCUT2D eigenvalue weighted by Crippen LogP contribution is 2.26. The monoisotopic (exact) mass is 258 g/mol. The van der Waals surface area contributed by atoms with E-state index in [1.54, 1.807) is 0 Å². The van der Waals surface area contributed by atoms with Crippen molar-refractivity contribution in [2.75, 3.05) is 31.6 Å². The fourth-order valence-electron chi connectivity index (χ4n) is 2.50. The van der Waals surface area contributed by atoms with Gasteiger partial charge < -0.3 is 9.32 Å². The fourth-order valence-corrected chi connectivity index (χ4v) is 2.50. The fraction of sp³-hybridized carbons (Fsp3) is 0.429. The van der Waals surface area contributed by atoms with Crippen molar-refractivity contribution in [1.29, 1.82) is 0 Å². The lowest BCUT2D eigenvalue weighted by molar-refractivity contribution is 0.216. The molecule has 1 aliphatic rings. The summed E-state index contributed by atoms with van der Waals surface area (Å²) in [4.78, 5) is 4.53. The normalized spacial score (nSPS) is 20.7. The van der Waals surface area contributed by atoms with E-state index in [0.717, 1.165) is 19.6 Å². The van der Waals surface area contributed by atoms with Crippen LogP contribution in [0.3, 0.4) is 0 Å². The molecular weight excluding hydrogens is 240 g/mol. The quantitative estimate of drug-likeness (QED) is 0.823. The number of piperazine rings is 1. The van der Waals surface area contributed by atoms with Gasteiger partial charge in [-0.05, 0) is 12.6 Å². The molecule has 1 aromatic heterocycles. The maximum atomic E-state index is 5.53. The molecule has 100 valence electrons. The van der Waals surface area contributed by atoms with Gasteiger partial charge in [-0.25, -0.2) is 0 Å². The number of anilines is 1. The zero-order valence-electron chi connectivity index (χ0n) is 11.3. The van der Waals surface area contributed by atoms with E-state index < -0.39 is 0 Å². The van der Waals surface area contributed by atoms with Gasteiger partial charge in [0.2, 0.25) is 5.89 Å². The largest absolute Gasteiger partial charge is 0.408 e. The molecule has 0 N–H and O–H groups in total. The highest BCUT2D eigenvalue weighted by Gasteiger charge is 2.27. The lowest BCUT2D eigenvalue weighted by Crippen LogP contribution is -2.46. The molecule has 0 amide bonds. The van der Waals surface area contributed by atoms with Crippen molar-refractivity contribution in [2.24, 2.45) is 0 Å². The summed E-state index contributed by atoms with van der Waals surface area (Å²) in [6.45, 7) is 4.60. The van der Waals surface area contributed by atoms with E-state index in [0.29, 0.717) is 17.9 Å². The smallest absolute Gasteiger partial charge is 0.318 e. The number of nitrogens with zero attached hydrogens (tertiary/aromatic N) is 4. The maximum absolute atomic E-state index is 5.53. The van der Waals surface area contributed by atoms with Crippen molar-refractivity contribution in [3.05, 3.63) is 41.8 Å². The number of likely N-dealkylation sites (N-methyl/N-ethyl adjacent to an activating group) is 1. The SMILES string of the molecule is Cc1nnc(N2CCN(C)[C@@H](c3ccccc3)C2)o1. The summed E-state index contributed by atoms with van der Waals surface area (Å²) < 4.78 is 5.53. The Labute approximate surface area is 112 Å². The van der Waals surface area contributed by atoms with E-state index in [4.69, 9.17) is 4.42 Å². The van der Waals surface area contributed by atoms with Crippen molar-refractivity contribution >= 4 is 6.01 Å². The molecule has 5 nitrogen and oxygen atoms in total. The van der Waals surface area contributed by atoms with Gasteiger partial charge in [-0.1, -0.05) is 35.4 Å². The topological polar surface area (TPSA) is 45.4 Å². The highest BCUT2D eigenvalue weighted by atomic mass is 16.4. The standard InChI is InChI=1S/C14H18N4O/c1-11-15-16-14(19-11)18-9-8-17(2)13(10-18)12-6-4-3-5-7-12/h3-7,13H,8-10H2,1-2H3/t13-/m1/s1. The van der Waals surface area contributed by atoms with Crippen LogP contribution in [0.15, 0.2) is 34.7 Å². The third-order valence-electron chi connectivity index (χ3n) is 3.62. The summed E-state index contributed by atoms with van der Waals surface area (Å²) in [6.07, 6.45) is 0. The number of aromatic nitrogens is 2. The summed E-state index contributed by atoms with van der Waals surface area (Å²) >= 11 is 0. The van der Waals surface area contributed by atoms with Crippen molar-refractivity contribution in [2.45, 2.75) is 13.0 Å². The molecule has 2 aromatic rings. The Bertz CT molecular complexity index is 539. The number of rotatable bonds is 2. The van der Waals surface area contributed by atoms with E-state index in [1.165, 1.54) is 5.56 Å². The minimum atomic E-state index is 0.363. The van der Waals surface area contributed by atoms with Gasteiger partial charge in [0.1, 0.15) is 0 Å². The number of hydrogen-bond donors (Lipinski definition) is 0. The van der Waals surface area contributed by atoms with Crippen LogP contribution in [0.2, 0.25) is 0 Å². The van der Waals surface area contributed by atoms with Gasteiger partial charge in [0.15, 0.2) is 0 Å². The van der Waals surface area contributed by atoms with Crippen molar-refractivity contribution in [3.8, 4) is 0 Å². The first-order valence-corrected chi connectivity index (χ1v) is 6.54. The van der Waals surface area contributed by atoms with Crippen LogP contribution in [0.4, 0.5) is 6.01 Å². The Morgan fingerprint density at radius 3 is 2.63 bits per heavy atom. The summed E-state index contributed by atoms with van der Waals surface area (Å²) in [7, 11) is 2.16. The minimum Gasteiger partial charge on any atom is -0.408 e. The van der Waals surface area contributed by atoms with Gasteiger partial charge in [-0.2, -0.15) is 0 Å². The lowest BCUT2D eigenvalue weighted by Gasteiger charge is -2.38. The second kappa shape index (κ2) is 5.01. The van der Waals surface area contributed by atoms with E-state index >= 15 is 0 Å².